The molecular formula is C9H9F3N4O. The SMILES string of the molecule is O=C1Cc2c(NCCC(F)(F)F)ncnc2N1. The third kappa shape index (κ3) is 2.83. The van der Waals surface area contributed by atoms with Crippen molar-refractivity contribution in [3.63, 3.8) is 0 Å². The number of carbonyl (C=O) groups excluding carboxylic acids is 1. The van der Waals surface area contributed by atoms with Gasteiger partial charge in [-0.15, -0.1) is 0 Å². The standard InChI is InChI=1S/C9H9F3N4O/c10-9(11,12)1-2-13-7-5-3-6(17)16-8(5)15-4-14-7/h4H,1-3H2,(H2,13,14,15,16,17). The van der Waals surface area contributed by atoms with Crippen LogP contribution in [0.15, 0.2) is 6.33 Å². The second-order valence-corrected chi connectivity index (χ2v) is 3.57. The zero-order chi connectivity index (χ0) is 12.5. The van der Waals surface area contributed by atoms with E-state index in [0.29, 0.717) is 11.4 Å². The third-order valence-corrected chi connectivity index (χ3v) is 2.24. The maximum absolute atomic E-state index is 12.0. The Balaban J connectivity index is 2.03. The fourth-order valence-electron chi connectivity index (χ4n) is 1.50. The van der Waals surface area contributed by atoms with Crippen molar-refractivity contribution < 1.29 is 18.0 Å². The van der Waals surface area contributed by atoms with Gasteiger partial charge in [0.05, 0.1) is 12.8 Å². The van der Waals surface area contributed by atoms with E-state index < -0.39 is 12.6 Å². The lowest BCUT2D eigenvalue weighted by Gasteiger charge is -2.10. The Kier molecular flexibility index (Phi) is 2.86. The van der Waals surface area contributed by atoms with E-state index in [1.54, 1.807) is 0 Å². The van der Waals surface area contributed by atoms with E-state index in [0.717, 1.165) is 0 Å². The van der Waals surface area contributed by atoms with Crippen LogP contribution in [-0.2, 0) is 11.2 Å². The summed E-state index contributed by atoms with van der Waals surface area (Å²) in [6.45, 7) is -0.277. The van der Waals surface area contributed by atoms with Gasteiger partial charge in [-0.1, -0.05) is 0 Å². The number of aromatic nitrogens is 2. The zero-order valence-corrected chi connectivity index (χ0v) is 8.64. The number of nitrogens with zero attached hydrogens (tertiary/aromatic N) is 2. The molecule has 1 aromatic heterocycles. The van der Waals surface area contributed by atoms with Crippen LogP contribution in [0.3, 0.4) is 0 Å². The average molecular weight is 246 g/mol. The monoisotopic (exact) mass is 246 g/mol. The number of carbonyl (C=O) groups is 1. The summed E-state index contributed by atoms with van der Waals surface area (Å²) < 4.78 is 35.9. The van der Waals surface area contributed by atoms with Gasteiger partial charge >= 0.3 is 6.18 Å². The number of fused-ring (bicyclic) bond motifs is 1. The predicted molar refractivity (Wildman–Crippen MR) is 53.5 cm³/mol. The Morgan fingerprint density at radius 2 is 2.18 bits per heavy atom. The van der Waals surface area contributed by atoms with Crippen LogP contribution in [0.2, 0.25) is 0 Å². The molecule has 8 heteroatoms. The minimum absolute atomic E-state index is 0.0878. The van der Waals surface area contributed by atoms with E-state index in [2.05, 4.69) is 20.6 Å². The quantitative estimate of drug-likeness (QED) is 0.844. The largest absolute Gasteiger partial charge is 0.390 e. The Labute approximate surface area is 94.4 Å². The normalized spacial score (nSPS) is 14.4. The molecule has 0 radical (unpaired) electrons. The lowest BCUT2D eigenvalue weighted by Crippen LogP contribution is -2.15. The van der Waals surface area contributed by atoms with Crippen LogP contribution >= 0.6 is 0 Å². The Morgan fingerprint density at radius 1 is 1.41 bits per heavy atom. The van der Waals surface area contributed by atoms with Crippen molar-refractivity contribution in [1.82, 2.24) is 9.97 Å². The molecule has 0 aromatic carbocycles. The lowest BCUT2D eigenvalue weighted by atomic mass is 10.2. The van der Waals surface area contributed by atoms with Gasteiger partial charge in [0.25, 0.3) is 0 Å². The van der Waals surface area contributed by atoms with Crippen molar-refractivity contribution in [2.24, 2.45) is 0 Å². The van der Waals surface area contributed by atoms with Crippen molar-refractivity contribution in [2.75, 3.05) is 17.2 Å². The van der Waals surface area contributed by atoms with Gasteiger partial charge in [-0.25, -0.2) is 9.97 Å². The lowest BCUT2D eigenvalue weighted by molar-refractivity contribution is -0.131. The second-order valence-electron chi connectivity index (χ2n) is 3.57. The highest BCUT2D eigenvalue weighted by Gasteiger charge is 2.27. The molecule has 0 atom stereocenters. The van der Waals surface area contributed by atoms with Crippen LogP contribution in [0.1, 0.15) is 12.0 Å². The van der Waals surface area contributed by atoms with Gasteiger partial charge in [-0.3, -0.25) is 4.79 Å². The summed E-state index contributed by atoms with van der Waals surface area (Å²) in [5.41, 5.74) is 0.514. The van der Waals surface area contributed by atoms with Gasteiger partial charge in [0, 0.05) is 12.1 Å². The first-order chi connectivity index (χ1) is 7.96. The summed E-state index contributed by atoms with van der Waals surface area (Å²) in [5, 5.41) is 5.05. The summed E-state index contributed by atoms with van der Waals surface area (Å²) >= 11 is 0. The molecule has 0 unspecified atom stereocenters. The minimum Gasteiger partial charge on any atom is -0.369 e. The molecule has 0 saturated heterocycles. The smallest absolute Gasteiger partial charge is 0.369 e. The van der Waals surface area contributed by atoms with Crippen LogP contribution in [0, 0.1) is 0 Å². The molecule has 0 spiro atoms. The van der Waals surface area contributed by atoms with Crippen molar-refractivity contribution >= 4 is 17.5 Å². The number of rotatable bonds is 3. The predicted octanol–water partition coefficient (Wildman–Crippen LogP) is 1.34. The van der Waals surface area contributed by atoms with E-state index >= 15 is 0 Å². The Morgan fingerprint density at radius 3 is 2.88 bits per heavy atom. The number of amides is 1. The summed E-state index contributed by atoms with van der Waals surface area (Å²) in [7, 11) is 0. The van der Waals surface area contributed by atoms with Gasteiger partial charge in [0.2, 0.25) is 5.91 Å². The fraction of sp³-hybridized carbons (Fsp3) is 0.444. The Bertz CT molecular complexity index is 446. The summed E-state index contributed by atoms with van der Waals surface area (Å²) in [5.74, 6) is 0.400. The van der Waals surface area contributed by atoms with Crippen LogP contribution in [0.25, 0.3) is 0 Å². The van der Waals surface area contributed by atoms with Crippen molar-refractivity contribution in [3.8, 4) is 0 Å². The van der Waals surface area contributed by atoms with Crippen LogP contribution < -0.4 is 10.6 Å². The maximum atomic E-state index is 12.0. The molecule has 92 valence electrons. The van der Waals surface area contributed by atoms with Gasteiger partial charge in [0.15, 0.2) is 0 Å². The molecule has 2 rings (SSSR count). The minimum atomic E-state index is -4.21. The molecule has 1 aromatic rings. The molecule has 2 N–H and O–H groups in total. The van der Waals surface area contributed by atoms with E-state index in [9.17, 15) is 18.0 Å². The molecule has 0 saturated carbocycles. The van der Waals surface area contributed by atoms with Crippen LogP contribution in [0.5, 0.6) is 0 Å². The van der Waals surface area contributed by atoms with Gasteiger partial charge in [-0.05, 0) is 0 Å². The molecule has 1 aliphatic rings. The highest BCUT2D eigenvalue weighted by atomic mass is 19.4. The summed E-state index contributed by atoms with van der Waals surface area (Å²) in [6, 6.07) is 0. The molecule has 1 aliphatic heterocycles. The maximum Gasteiger partial charge on any atom is 0.390 e. The molecule has 0 aliphatic carbocycles. The van der Waals surface area contributed by atoms with E-state index in [4.69, 9.17) is 0 Å². The molecule has 1 amide bonds. The number of nitrogens with one attached hydrogen (secondary N) is 2. The number of alkyl halides is 3. The number of halogens is 3. The zero-order valence-electron chi connectivity index (χ0n) is 8.64. The molecule has 0 bridgehead atoms. The van der Waals surface area contributed by atoms with Gasteiger partial charge in [0.1, 0.15) is 18.0 Å². The van der Waals surface area contributed by atoms with Crippen molar-refractivity contribution in [2.45, 2.75) is 19.0 Å². The van der Waals surface area contributed by atoms with E-state index in [-0.39, 0.29) is 24.7 Å². The highest BCUT2D eigenvalue weighted by molar-refractivity contribution is 5.99. The Hall–Kier alpha value is -1.86. The molecule has 17 heavy (non-hydrogen) atoms. The molecule has 2 heterocycles. The molecular weight excluding hydrogens is 237 g/mol. The van der Waals surface area contributed by atoms with Crippen LogP contribution in [-0.4, -0.2) is 28.6 Å². The van der Waals surface area contributed by atoms with E-state index in [1.165, 1.54) is 6.33 Å². The third-order valence-electron chi connectivity index (χ3n) is 2.24. The average Bonchev–Trinajstić information content (AvgIpc) is 2.57. The molecule has 5 nitrogen and oxygen atoms in total. The first-order valence-corrected chi connectivity index (χ1v) is 4.90. The molecule has 0 fully saturated rings. The highest BCUT2D eigenvalue weighted by Crippen LogP contribution is 2.26. The first kappa shape index (κ1) is 11.6. The van der Waals surface area contributed by atoms with Gasteiger partial charge < -0.3 is 10.6 Å². The van der Waals surface area contributed by atoms with Crippen LogP contribution in [0.4, 0.5) is 24.8 Å². The summed E-state index contributed by atoms with van der Waals surface area (Å²) in [6.07, 6.45) is -3.88. The van der Waals surface area contributed by atoms with Gasteiger partial charge in [-0.2, -0.15) is 13.2 Å². The number of hydrogen-bond acceptors (Lipinski definition) is 4. The second kappa shape index (κ2) is 4.19. The van der Waals surface area contributed by atoms with E-state index in [1.807, 2.05) is 0 Å². The van der Waals surface area contributed by atoms with Crippen molar-refractivity contribution in [1.29, 1.82) is 0 Å². The van der Waals surface area contributed by atoms with Crippen molar-refractivity contribution in [3.05, 3.63) is 11.9 Å². The first-order valence-electron chi connectivity index (χ1n) is 4.90. The number of hydrogen-bond donors (Lipinski definition) is 2. The summed E-state index contributed by atoms with van der Waals surface area (Å²) in [4.78, 5) is 18.7. The fourth-order valence-corrected chi connectivity index (χ4v) is 1.50. The number of anilines is 2. The topological polar surface area (TPSA) is 66.9 Å².